The summed E-state index contributed by atoms with van der Waals surface area (Å²) in [6, 6.07) is 5.09. The lowest BCUT2D eigenvalue weighted by molar-refractivity contribution is -0.124. The van der Waals surface area contributed by atoms with E-state index in [1.165, 1.54) is 18.2 Å². The number of esters is 1. The van der Waals surface area contributed by atoms with Gasteiger partial charge in [-0.25, -0.2) is 9.18 Å². The van der Waals surface area contributed by atoms with Crippen molar-refractivity contribution in [3.63, 3.8) is 0 Å². The first-order valence-electron chi connectivity index (χ1n) is 5.21. The fraction of sp³-hybridized carbons (Fsp3) is 0.333. The van der Waals surface area contributed by atoms with Crippen molar-refractivity contribution in [1.82, 2.24) is 5.32 Å². The minimum atomic E-state index is -0.719. The van der Waals surface area contributed by atoms with Crippen molar-refractivity contribution < 1.29 is 18.7 Å². The first kappa shape index (κ1) is 13.2. The van der Waals surface area contributed by atoms with E-state index in [1.54, 1.807) is 13.8 Å². The highest BCUT2D eigenvalue weighted by Gasteiger charge is 2.11. The molecule has 0 fully saturated rings. The molecule has 1 rings (SSSR count). The fourth-order valence-corrected chi connectivity index (χ4v) is 1.19. The van der Waals surface area contributed by atoms with Crippen molar-refractivity contribution in [2.75, 3.05) is 6.61 Å². The Morgan fingerprint density at radius 3 is 2.71 bits per heavy atom. The van der Waals surface area contributed by atoms with Crippen molar-refractivity contribution in [1.29, 1.82) is 0 Å². The van der Waals surface area contributed by atoms with Gasteiger partial charge in [0.15, 0.2) is 6.61 Å². The SMILES string of the molecule is CC(C)NC(=O)COC(=O)c1cccc(F)c1. The predicted molar refractivity (Wildman–Crippen MR) is 60.0 cm³/mol. The van der Waals surface area contributed by atoms with Crippen LogP contribution in [0.1, 0.15) is 24.2 Å². The number of hydrogen-bond acceptors (Lipinski definition) is 3. The van der Waals surface area contributed by atoms with Gasteiger partial charge in [-0.15, -0.1) is 0 Å². The van der Waals surface area contributed by atoms with Crippen LogP contribution in [0.5, 0.6) is 0 Å². The van der Waals surface area contributed by atoms with Gasteiger partial charge >= 0.3 is 5.97 Å². The van der Waals surface area contributed by atoms with E-state index in [9.17, 15) is 14.0 Å². The molecule has 1 aromatic rings. The Balaban J connectivity index is 2.48. The van der Waals surface area contributed by atoms with Crippen LogP contribution in [0.3, 0.4) is 0 Å². The molecule has 0 unspecified atom stereocenters. The molecule has 0 saturated heterocycles. The zero-order chi connectivity index (χ0) is 12.8. The summed E-state index contributed by atoms with van der Waals surface area (Å²) < 4.78 is 17.5. The molecule has 5 heteroatoms. The van der Waals surface area contributed by atoms with E-state index < -0.39 is 11.8 Å². The van der Waals surface area contributed by atoms with Gasteiger partial charge < -0.3 is 10.1 Å². The zero-order valence-corrected chi connectivity index (χ0v) is 9.70. The van der Waals surface area contributed by atoms with E-state index in [4.69, 9.17) is 4.74 Å². The third kappa shape index (κ3) is 4.63. The third-order valence-electron chi connectivity index (χ3n) is 1.84. The minimum Gasteiger partial charge on any atom is -0.452 e. The van der Waals surface area contributed by atoms with E-state index in [0.29, 0.717) is 0 Å². The van der Waals surface area contributed by atoms with Crippen LogP contribution in [0, 0.1) is 5.82 Å². The van der Waals surface area contributed by atoms with E-state index in [0.717, 1.165) is 6.07 Å². The summed E-state index contributed by atoms with van der Waals surface area (Å²) in [5.41, 5.74) is 0.0855. The number of benzene rings is 1. The topological polar surface area (TPSA) is 55.4 Å². The van der Waals surface area contributed by atoms with Crippen LogP contribution in [0.15, 0.2) is 24.3 Å². The molecule has 1 aromatic carbocycles. The van der Waals surface area contributed by atoms with E-state index >= 15 is 0 Å². The molecule has 0 radical (unpaired) electrons. The number of nitrogens with one attached hydrogen (secondary N) is 1. The van der Waals surface area contributed by atoms with Crippen LogP contribution in [-0.2, 0) is 9.53 Å². The second-order valence-corrected chi connectivity index (χ2v) is 3.81. The standard InChI is InChI=1S/C12H14FNO3/c1-8(2)14-11(15)7-17-12(16)9-4-3-5-10(13)6-9/h3-6,8H,7H2,1-2H3,(H,14,15). The largest absolute Gasteiger partial charge is 0.452 e. The highest BCUT2D eigenvalue weighted by Crippen LogP contribution is 2.04. The number of rotatable bonds is 4. The Kier molecular flexibility index (Phi) is 4.63. The monoisotopic (exact) mass is 239 g/mol. The van der Waals surface area contributed by atoms with Crippen LogP contribution in [0.2, 0.25) is 0 Å². The lowest BCUT2D eigenvalue weighted by Gasteiger charge is -2.08. The molecular formula is C12H14FNO3. The number of hydrogen-bond donors (Lipinski definition) is 1. The molecule has 0 spiro atoms. The van der Waals surface area contributed by atoms with E-state index in [1.807, 2.05) is 0 Å². The van der Waals surface area contributed by atoms with Crippen molar-refractivity contribution in [3.8, 4) is 0 Å². The van der Waals surface area contributed by atoms with Gasteiger partial charge in [0.25, 0.3) is 5.91 Å². The second-order valence-electron chi connectivity index (χ2n) is 3.81. The van der Waals surface area contributed by atoms with Crippen LogP contribution in [0.4, 0.5) is 4.39 Å². The second kappa shape index (κ2) is 5.98. The summed E-state index contributed by atoms with van der Waals surface area (Å²) in [7, 11) is 0. The smallest absolute Gasteiger partial charge is 0.338 e. The summed E-state index contributed by atoms with van der Waals surface area (Å²) in [6.45, 7) is 3.23. The molecule has 92 valence electrons. The van der Waals surface area contributed by atoms with E-state index in [-0.39, 0.29) is 24.1 Å². The summed E-state index contributed by atoms with van der Waals surface area (Å²) in [6.07, 6.45) is 0. The maximum absolute atomic E-state index is 12.8. The Morgan fingerprint density at radius 2 is 2.12 bits per heavy atom. The van der Waals surface area contributed by atoms with Gasteiger partial charge in [0.1, 0.15) is 5.82 Å². The Hall–Kier alpha value is -1.91. The van der Waals surface area contributed by atoms with Crippen LogP contribution < -0.4 is 5.32 Å². The third-order valence-corrected chi connectivity index (χ3v) is 1.84. The number of carbonyl (C=O) groups is 2. The molecule has 0 aliphatic heterocycles. The number of amides is 1. The predicted octanol–water partition coefficient (Wildman–Crippen LogP) is 1.51. The van der Waals surface area contributed by atoms with Crippen molar-refractivity contribution in [3.05, 3.63) is 35.6 Å². The molecule has 0 atom stereocenters. The first-order chi connectivity index (χ1) is 7.99. The lowest BCUT2D eigenvalue weighted by atomic mass is 10.2. The molecule has 0 aromatic heterocycles. The quantitative estimate of drug-likeness (QED) is 0.810. The number of carbonyl (C=O) groups excluding carboxylic acids is 2. The molecule has 0 bridgehead atoms. The highest BCUT2D eigenvalue weighted by molar-refractivity contribution is 5.91. The number of ether oxygens (including phenoxy) is 1. The molecule has 4 nitrogen and oxygen atoms in total. The molecule has 0 aliphatic carbocycles. The van der Waals surface area contributed by atoms with Crippen LogP contribution in [-0.4, -0.2) is 24.5 Å². The molecule has 0 heterocycles. The molecular weight excluding hydrogens is 225 g/mol. The van der Waals surface area contributed by atoms with Crippen LogP contribution >= 0.6 is 0 Å². The molecule has 1 amide bonds. The van der Waals surface area contributed by atoms with E-state index in [2.05, 4.69) is 5.32 Å². The van der Waals surface area contributed by atoms with Gasteiger partial charge in [0.2, 0.25) is 0 Å². The van der Waals surface area contributed by atoms with Gasteiger partial charge in [-0.3, -0.25) is 4.79 Å². The molecule has 0 saturated carbocycles. The maximum Gasteiger partial charge on any atom is 0.338 e. The Labute approximate surface area is 98.8 Å². The zero-order valence-electron chi connectivity index (χ0n) is 9.70. The van der Waals surface area contributed by atoms with Gasteiger partial charge in [0, 0.05) is 6.04 Å². The summed E-state index contributed by atoms with van der Waals surface area (Å²) in [4.78, 5) is 22.6. The summed E-state index contributed by atoms with van der Waals surface area (Å²) >= 11 is 0. The highest BCUT2D eigenvalue weighted by atomic mass is 19.1. The first-order valence-corrected chi connectivity index (χ1v) is 5.21. The molecule has 0 aliphatic rings. The lowest BCUT2D eigenvalue weighted by Crippen LogP contribution is -2.33. The fourth-order valence-electron chi connectivity index (χ4n) is 1.19. The summed E-state index contributed by atoms with van der Waals surface area (Å²) in [5, 5.41) is 2.57. The average Bonchev–Trinajstić information content (AvgIpc) is 2.25. The van der Waals surface area contributed by atoms with Crippen LogP contribution in [0.25, 0.3) is 0 Å². The van der Waals surface area contributed by atoms with Gasteiger partial charge in [-0.2, -0.15) is 0 Å². The van der Waals surface area contributed by atoms with Gasteiger partial charge in [-0.1, -0.05) is 6.07 Å². The average molecular weight is 239 g/mol. The van der Waals surface area contributed by atoms with Crippen molar-refractivity contribution >= 4 is 11.9 Å². The number of halogens is 1. The van der Waals surface area contributed by atoms with Gasteiger partial charge in [0.05, 0.1) is 5.56 Å². The normalized spacial score (nSPS) is 10.1. The molecule has 17 heavy (non-hydrogen) atoms. The molecule has 1 N–H and O–H groups in total. The summed E-state index contributed by atoms with van der Waals surface area (Å²) in [5.74, 6) is -1.63. The Morgan fingerprint density at radius 1 is 1.41 bits per heavy atom. The van der Waals surface area contributed by atoms with Crippen molar-refractivity contribution in [2.24, 2.45) is 0 Å². The Bertz CT molecular complexity index is 418. The minimum absolute atomic E-state index is 0.0182. The van der Waals surface area contributed by atoms with Crippen molar-refractivity contribution in [2.45, 2.75) is 19.9 Å². The van der Waals surface area contributed by atoms with Gasteiger partial charge in [-0.05, 0) is 32.0 Å². The maximum atomic E-state index is 12.8.